The smallest absolute Gasteiger partial charge is 0.169 e. The lowest BCUT2D eigenvalue weighted by atomic mass is 10.1. The number of aromatic amines is 1. The van der Waals surface area contributed by atoms with Crippen LogP contribution in [0.15, 0.2) is 54.4 Å². The summed E-state index contributed by atoms with van der Waals surface area (Å²) < 4.78 is 0. The summed E-state index contributed by atoms with van der Waals surface area (Å²) >= 11 is 0. The predicted molar refractivity (Wildman–Crippen MR) is 87.4 cm³/mol. The molecule has 0 fully saturated rings. The summed E-state index contributed by atoms with van der Waals surface area (Å²) in [6.45, 7) is 1.39. The molecule has 112 valence electrons. The number of aromatic nitrogens is 3. The monoisotopic (exact) mass is 302 g/mol. The molecule has 0 saturated carbocycles. The topological polar surface area (TPSA) is 82.4 Å². The lowest BCUT2D eigenvalue weighted by molar-refractivity contribution is -0.113. The van der Waals surface area contributed by atoms with Crippen LogP contribution in [0.4, 0.5) is 0 Å². The van der Waals surface area contributed by atoms with Gasteiger partial charge in [-0.15, -0.1) is 0 Å². The van der Waals surface area contributed by atoms with Crippen molar-refractivity contribution in [1.82, 2.24) is 15.0 Å². The number of Topliss-reactive ketones (excluding diaryl/α,β-unsaturated/α-hetero) is 1. The van der Waals surface area contributed by atoms with Crippen molar-refractivity contribution >= 4 is 16.9 Å². The van der Waals surface area contributed by atoms with Crippen LogP contribution in [0, 0.1) is 11.3 Å². The van der Waals surface area contributed by atoms with Crippen molar-refractivity contribution in [3.63, 3.8) is 0 Å². The second-order valence-electron chi connectivity index (χ2n) is 5.12. The number of allylic oxidation sites excluding steroid dienone is 2. The molecule has 0 aliphatic heterocycles. The van der Waals surface area contributed by atoms with Crippen LogP contribution in [-0.2, 0) is 11.2 Å². The zero-order valence-corrected chi connectivity index (χ0v) is 12.6. The molecule has 3 rings (SSSR count). The Balaban J connectivity index is 2.00. The van der Waals surface area contributed by atoms with Gasteiger partial charge >= 0.3 is 0 Å². The van der Waals surface area contributed by atoms with Crippen LogP contribution in [0.1, 0.15) is 12.5 Å². The zero-order chi connectivity index (χ0) is 16.2. The fourth-order valence-electron chi connectivity index (χ4n) is 2.33. The van der Waals surface area contributed by atoms with Gasteiger partial charge in [0, 0.05) is 17.3 Å². The molecule has 0 aliphatic rings. The van der Waals surface area contributed by atoms with Crippen LogP contribution >= 0.6 is 0 Å². The highest BCUT2D eigenvalue weighted by atomic mass is 16.1. The molecular formula is C18H14N4O. The van der Waals surface area contributed by atoms with Gasteiger partial charge in [-0.1, -0.05) is 36.4 Å². The summed E-state index contributed by atoms with van der Waals surface area (Å²) in [7, 11) is 0. The molecule has 5 heteroatoms. The van der Waals surface area contributed by atoms with Gasteiger partial charge in [-0.3, -0.25) is 4.79 Å². The largest absolute Gasteiger partial charge is 0.345 e. The fourth-order valence-corrected chi connectivity index (χ4v) is 2.33. The lowest BCUT2D eigenvalue weighted by Gasteiger charge is -2.01. The van der Waals surface area contributed by atoms with E-state index in [1.165, 1.54) is 6.92 Å². The number of carbonyl (C=O) groups excluding carboxylic acids is 1. The Hall–Kier alpha value is -3.26. The number of nitrogens with one attached hydrogen (secondary N) is 1. The van der Waals surface area contributed by atoms with E-state index >= 15 is 0 Å². The van der Waals surface area contributed by atoms with Gasteiger partial charge in [0.2, 0.25) is 0 Å². The number of ketones is 1. The standard InChI is InChI=1S/C18H14N4O/c1-12(23)14(9-19)7-8-15-10-20-18-17(15)22-16(11-21-18)13-5-3-2-4-6-13/h2-7,10-11H,8H2,1H3,(H,20,21)/b14-7-. The molecule has 0 radical (unpaired) electrons. The molecule has 0 spiro atoms. The van der Waals surface area contributed by atoms with Crippen LogP contribution in [0.2, 0.25) is 0 Å². The first-order valence-corrected chi connectivity index (χ1v) is 7.18. The van der Waals surface area contributed by atoms with Crippen molar-refractivity contribution in [2.75, 3.05) is 0 Å². The number of hydrogen-bond acceptors (Lipinski definition) is 4. The summed E-state index contributed by atoms with van der Waals surface area (Å²) in [5, 5.41) is 8.96. The molecule has 1 N–H and O–H groups in total. The van der Waals surface area contributed by atoms with Crippen molar-refractivity contribution in [1.29, 1.82) is 5.26 Å². The maximum Gasteiger partial charge on any atom is 0.169 e. The summed E-state index contributed by atoms with van der Waals surface area (Å²) in [5.41, 5.74) is 4.28. The van der Waals surface area contributed by atoms with Gasteiger partial charge < -0.3 is 4.98 Å². The number of rotatable bonds is 4. The van der Waals surface area contributed by atoms with E-state index in [0.717, 1.165) is 22.3 Å². The average Bonchev–Trinajstić information content (AvgIpc) is 2.98. The van der Waals surface area contributed by atoms with Crippen molar-refractivity contribution in [2.24, 2.45) is 0 Å². The van der Waals surface area contributed by atoms with Crippen LogP contribution < -0.4 is 0 Å². The van der Waals surface area contributed by atoms with Crippen LogP contribution in [0.3, 0.4) is 0 Å². The molecule has 23 heavy (non-hydrogen) atoms. The number of H-pyrrole nitrogens is 1. The van der Waals surface area contributed by atoms with Gasteiger partial charge in [0.1, 0.15) is 11.6 Å². The van der Waals surface area contributed by atoms with Crippen molar-refractivity contribution in [3.8, 4) is 17.3 Å². The highest BCUT2D eigenvalue weighted by molar-refractivity contribution is 5.97. The van der Waals surface area contributed by atoms with E-state index < -0.39 is 0 Å². The van der Waals surface area contributed by atoms with E-state index in [1.54, 1.807) is 12.3 Å². The second kappa shape index (κ2) is 6.24. The van der Waals surface area contributed by atoms with Gasteiger partial charge in [-0.25, -0.2) is 9.97 Å². The third-order valence-electron chi connectivity index (χ3n) is 3.56. The zero-order valence-electron chi connectivity index (χ0n) is 12.6. The number of benzene rings is 1. The molecule has 0 saturated heterocycles. The Morgan fingerprint density at radius 2 is 2.13 bits per heavy atom. The molecular weight excluding hydrogens is 288 g/mol. The molecule has 0 atom stereocenters. The number of carbonyl (C=O) groups is 1. The molecule has 3 aromatic rings. The van der Waals surface area contributed by atoms with Gasteiger partial charge in [-0.2, -0.15) is 5.26 Å². The molecule has 0 amide bonds. The van der Waals surface area contributed by atoms with E-state index in [1.807, 2.05) is 42.6 Å². The maximum atomic E-state index is 11.3. The van der Waals surface area contributed by atoms with E-state index in [2.05, 4.69) is 15.0 Å². The Morgan fingerprint density at radius 1 is 1.35 bits per heavy atom. The van der Waals surface area contributed by atoms with E-state index in [0.29, 0.717) is 12.1 Å². The number of nitrogens with zero attached hydrogens (tertiary/aromatic N) is 3. The molecule has 2 heterocycles. The first-order valence-electron chi connectivity index (χ1n) is 7.18. The first-order chi connectivity index (χ1) is 11.2. The quantitative estimate of drug-likeness (QED) is 0.592. The van der Waals surface area contributed by atoms with Crippen molar-refractivity contribution in [2.45, 2.75) is 13.3 Å². The second-order valence-corrected chi connectivity index (χ2v) is 5.12. The van der Waals surface area contributed by atoms with Gasteiger partial charge in [0.05, 0.1) is 17.5 Å². The molecule has 0 unspecified atom stereocenters. The third-order valence-corrected chi connectivity index (χ3v) is 3.56. The van der Waals surface area contributed by atoms with Crippen LogP contribution in [0.25, 0.3) is 22.4 Å². The van der Waals surface area contributed by atoms with Crippen molar-refractivity contribution in [3.05, 3.63) is 59.9 Å². The predicted octanol–water partition coefficient (Wildman–Crippen LogP) is 3.21. The summed E-state index contributed by atoms with van der Waals surface area (Å²) in [5.74, 6) is -0.233. The molecule has 2 aromatic heterocycles. The van der Waals surface area contributed by atoms with E-state index in [4.69, 9.17) is 5.26 Å². The minimum Gasteiger partial charge on any atom is -0.345 e. The Morgan fingerprint density at radius 3 is 2.83 bits per heavy atom. The lowest BCUT2D eigenvalue weighted by Crippen LogP contribution is -1.95. The molecule has 1 aromatic carbocycles. The molecule has 0 bridgehead atoms. The highest BCUT2D eigenvalue weighted by Gasteiger charge is 2.09. The highest BCUT2D eigenvalue weighted by Crippen LogP contribution is 2.21. The SMILES string of the molecule is CC(=O)/C(C#N)=C\Cc1c[nH]c2ncc(-c3ccccc3)nc12. The van der Waals surface area contributed by atoms with Gasteiger partial charge in [0.25, 0.3) is 0 Å². The maximum absolute atomic E-state index is 11.3. The van der Waals surface area contributed by atoms with Crippen molar-refractivity contribution < 1.29 is 4.79 Å². The normalized spacial score (nSPS) is 11.4. The number of fused-ring (bicyclic) bond motifs is 1. The molecule has 5 nitrogen and oxygen atoms in total. The average molecular weight is 302 g/mol. The summed E-state index contributed by atoms with van der Waals surface area (Å²) in [4.78, 5) is 23.4. The molecule has 0 aliphatic carbocycles. The minimum absolute atomic E-state index is 0.159. The Labute approximate surface area is 133 Å². The van der Waals surface area contributed by atoms with Gasteiger partial charge in [-0.05, 0) is 13.3 Å². The fraction of sp³-hybridized carbons (Fsp3) is 0.111. The summed E-state index contributed by atoms with van der Waals surface area (Å²) in [6, 6.07) is 11.7. The van der Waals surface area contributed by atoms with E-state index in [9.17, 15) is 4.79 Å². The van der Waals surface area contributed by atoms with Crippen LogP contribution in [0.5, 0.6) is 0 Å². The minimum atomic E-state index is -0.233. The van der Waals surface area contributed by atoms with Crippen LogP contribution in [-0.4, -0.2) is 20.7 Å². The summed E-state index contributed by atoms with van der Waals surface area (Å²) in [6.07, 6.45) is 5.62. The Kier molecular flexibility index (Phi) is 3.98. The first kappa shape index (κ1) is 14.7. The number of nitriles is 1. The Bertz CT molecular complexity index is 933. The third kappa shape index (κ3) is 3.01. The van der Waals surface area contributed by atoms with E-state index in [-0.39, 0.29) is 11.4 Å². The number of hydrogen-bond donors (Lipinski definition) is 1. The van der Waals surface area contributed by atoms with Gasteiger partial charge in [0.15, 0.2) is 11.4 Å².